The van der Waals surface area contributed by atoms with Gasteiger partial charge in [-0.2, -0.15) is 0 Å². The molecule has 19 heteroatoms. The summed E-state index contributed by atoms with van der Waals surface area (Å²) in [4.78, 5) is 65.1. The summed E-state index contributed by atoms with van der Waals surface area (Å²) in [6, 6.07) is 21.0. The van der Waals surface area contributed by atoms with E-state index in [0.29, 0.717) is 75.2 Å². The Morgan fingerprint density at radius 2 is 1.69 bits per heavy atom. The molecule has 1 saturated carbocycles. The highest BCUT2D eigenvalue weighted by atomic mass is 32.1. The number of hydrogen-bond donors (Lipinski definition) is 2. The Kier molecular flexibility index (Phi) is 15.9. The van der Waals surface area contributed by atoms with Gasteiger partial charge in [0, 0.05) is 67.4 Å². The Morgan fingerprint density at radius 1 is 0.958 bits per heavy atom. The average molecular weight is 1020 g/mol. The van der Waals surface area contributed by atoms with E-state index in [9.17, 15) is 32.5 Å². The van der Waals surface area contributed by atoms with Gasteiger partial charge in [0.25, 0.3) is 5.91 Å². The van der Waals surface area contributed by atoms with Crippen molar-refractivity contribution in [2.75, 3.05) is 59.6 Å². The molecule has 382 valence electrons. The number of amides is 3. The zero-order chi connectivity index (χ0) is 49.9. The molecule has 4 aromatic rings. The second-order valence-corrected chi connectivity index (χ2v) is 23.0. The van der Waals surface area contributed by atoms with Gasteiger partial charge in [0.2, 0.25) is 24.2 Å². The van der Waals surface area contributed by atoms with Crippen LogP contribution in [-0.4, -0.2) is 145 Å². The first kappa shape index (κ1) is 51.1. The third kappa shape index (κ3) is 11.7. The third-order valence-electron chi connectivity index (χ3n) is 15.1. The number of carbonyl (C=O) groups excluding carboxylic acids is 4. The molecule has 4 aliphatic heterocycles. The number of likely N-dealkylation sites (tertiary alicyclic amines) is 1. The van der Waals surface area contributed by atoms with Gasteiger partial charge in [0.1, 0.15) is 30.5 Å². The number of alkyl halides is 3. The number of esters is 1. The Labute approximate surface area is 417 Å². The van der Waals surface area contributed by atoms with Crippen molar-refractivity contribution in [3.05, 3.63) is 101 Å². The molecule has 2 N–H and O–H groups in total. The molecular formula is C52H64F3N6O8PS. The van der Waals surface area contributed by atoms with Crippen molar-refractivity contribution in [1.82, 2.24) is 30.0 Å². The van der Waals surface area contributed by atoms with E-state index in [0.717, 1.165) is 30.6 Å². The number of benzene rings is 3. The van der Waals surface area contributed by atoms with Crippen LogP contribution in [0.5, 0.6) is 5.75 Å². The highest BCUT2D eigenvalue weighted by Crippen LogP contribution is 2.58. The highest BCUT2D eigenvalue weighted by molar-refractivity contribution is 7.57. The van der Waals surface area contributed by atoms with Crippen LogP contribution in [-0.2, 0) is 28.4 Å². The first-order valence-corrected chi connectivity index (χ1v) is 27.5. The van der Waals surface area contributed by atoms with E-state index in [1.807, 2.05) is 35.0 Å². The number of rotatable bonds is 18. The van der Waals surface area contributed by atoms with E-state index in [-0.39, 0.29) is 77.5 Å². The Bertz CT molecular complexity index is 2570. The number of thiophene rings is 1. The van der Waals surface area contributed by atoms with Crippen LogP contribution in [0.1, 0.15) is 97.3 Å². The maximum Gasteiger partial charge on any atom is 0.355 e. The number of morpholine rings is 1. The Balaban J connectivity index is 0.921. The van der Waals surface area contributed by atoms with Crippen LogP contribution < -0.4 is 14.9 Å². The molecule has 14 nitrogen and oxygen atoms in total. The molecule has 1 aliphatic carbocycles. The van der Waals surface area contributed by atoms with Crippen LogP contribution in [0.2, 0.25) is 0 Å². The molecule has 5 fully saturated rings. The number of hydrogen-bond acceptors (Lipinski definition) is 11. The minimum atomic E-state index is -4.55. The zero-order valence-electron chi connectivity index (χ0n) is 40.3. The van der Waals surface area contributed by atoms with Crippen molar-refractivity contribution in [2.24, 2.45) is 0 Å². The predicted octanol–water partition coefficient (Wildman–Crippen LogP) is 8.14. The number of halogens is 3. The fourth-order valence-corrected chi connectivity index (χ4v) is 13.8. The lowest BCUT2D eigenvalue weighted by Crippen LogP contribution is -2.59. The fourth-order valence-electron chi connectivity index (χ4n) is 11.0. The minimum absolute atomic E-state index is 0.0176. The Hall–Kier alpha value is -4.84. The van der Waals surface area contributed by atoms with Gasteiger partial charge in [-0.15, -0.1) is 11.3 Å². The molecule has 3 aromatic carbocycles. The summed E-state index contributed by atoms with van der Waals surface area (Å²) < 4.78 is 75.7. The van der Waals surface area contributed by atoms with E-state index in [2.05, 4.69) is 27.4 Å². The molecule has 8 atom stereocenters. The molecular weight excluding hydrogens is 957 g/mol. The summed E-state index contributed by atoms with van der Waals surface area (Å²) in [5.74, 6) is -3.60. The molecule has 0 bridgehead atoms. The van der Waals surface area contributed by atoms with Crippen LogP contribution in [0.15, 0.2) is 84.9 Å². The van der Waals surface area contributed by atoms with Crippen molar-refractivity contribution in [2.45, 2.75) is 119 Å². The van der Waals surface area contributed by atoms with Crippen molar-refractivity contribution >= 4 is 52.6 Å². The maximum absolute atomic E-state index is 16.9. The smallest absolute Gasteiger partial charge is 0.355 e. The Morgan fingerprint density at radius 3 is 2.41 bits per heavy atom. The lowest BCUT2D eigenvalue weighted by atomic mass is 9.93. The summed E-state index contributed by atoms with van der Waals surface area (Å²) in [7, 11) is -2.74. The van der Waals surface area contributed by atoms with Crippen LogP contribution in [0.25, 0.3) is 10.1 Å². The van der Waals surface area contributed by atoms with Gasteiger partial charge in [-0.1, -0.05) is 54.6 Å². The van der Waals surface area contributed by atoms with Crippen LogP contribution in [0.3, 0.4) is 0 Å². The van der Waals surface area contributed by atoms with Gasteiger partial charge < -0.3 is 34.0 Å². The van der Waals surface area contributed by atoms with Crippen LogP contribution >= 0.6 is 18.9 Å². The number of para-hydroxylation sites is 1. The first-order valence-electron chi connectivity index (χ1n) is 24.9. The quantitative estimate of drug-likeness (QED) is 0.0735. The van der Waals surface area contributed by atoms with Crippen LogP contribution in [0.4, 0.5) is 13.2 Å². The molecule has 3 amide bonds. The van der Waals surface area contributed by atoms with Crippen molar-refractivity contribution in [3.8, 4) is 5.75 Å². The normalized spacial score (nSPS) is 25.1. The number of ether oxygens (including phenoxy) is 2. The van der Waals surface area contributed by atoms with E-state index in [1.165, 1.54) is 36.8 Å². The molecule has 5 heterocycles. The summed E-state index contributed by atoms with van der Waals surface area (Å²) in [5, 5.41) is 6.10. The predicted molar refractivity (Wildman–Crippen MR) is 264 cm³/mol. The van der Waals surface area contributed by atoms with Crippen LogP contribution in [0, 0.1) is 0 Å². The van der Waals surface area contributed by atoms with Gasteiger partial charge in [-0.25, -0.2) is 18.3 Å². The molecule has 71 heavy (non-hydrogen) atoms. The maximum atomic E-state index is 16.9. The minimum Gasteiger partial charge on any atom is -0.463 e. The fraction of sp³-hybridized carbons (Fsp3) is 0.538. The number of nitrogens with zero attached hydrogens (tertiary/aromatic N) is 4. The summed E-state index contributed by atoms with van der Waals surface area (Å²) in [5.41, 5.74) is 0.943. The van der Waals surface area contributed by atoms with Crippen molar-refractivity contribution < 1.29 is 50.9 Å². The van der Waals surface area contributed by atoms with Gasteiger partial charge in [0.15, 0.2) is 0 Å². The molecule has 0 radical (unpaired) electrons. The third-order valence-corrected chi connectivity index (χ3v) is 18.3. The molecule has 4 saturated heterocycles. The van der Waals surface area contributed by atoms with E-state index < -0.39 is 49.9 Å². The lowest BCUT2D eigenvalue weighted by Gasteiger charge is -2.41. The standard InChI is InChI=1S/C52H64F3N6O8PS/c1-34(51(65)68-28-25-59-23-26-67-27-24-59)57-70(66,69-41-11-7-4-8-12-41)47(55)36-13-18-44-37(29-36)30-45(71-44)48(62)56-42-16-14-39(58(2)22-19-46(53)54)31-40-15-17-43(61(40)49(42)63)50(64)60-33-38(32-52(60)20-21-52)35-9-5-3-6-10-35/h3-13,18,29-30,34,38-40,42-43,46-47H,14-17,19-28,31-33H2,1-2H3,(H,56,62)(H,57,66)/t34-,38+,39-,40+,42-,43-,47+,70?/m0/s1. The summed E-state index contributed by atoms with van der Waals surface area (Å²) in [6.45, 7) is 5.34. The molecule has 1 unspecified atom stereocenters. The highest BCUT2D eigenvalue weighted by Gasteiger charge is 2.58. The molecule has 9 rings (SSSR count). The number of fused-ring (bicyclic) bond motifs is 2. The lowest BCUT2D eigenvalue weighted by molar-refractivity contribution is -0.148. The average Bonchev–Trinajstić information content (AvgIpc) is 3.64. The van der Waals surface area contributed by atoms with Gasteiger partial charge in [-0.05, 0) is 112 Å². The second-order valence-electron chi connectivity index (χ2n) is 19.8. The summed E-state index contributed by atoms with van der Waals surface area (Å²) >= 11 is 1.14. The van der Waals surface area contributed by atoms with Gasteiger partial charge in [-0.3, -0.25) is 28.6 Å². The van der Waals surface area contributed by atoms with E-state index in [1.54, 1.807) is 35.2 Å². The monoisotopic (exact) mass is 1020 g/mol. The SMILES string of the molecule is C[C@H](NP(=O)(Oc1ccccc1)[C@@H](F)c1ccc2sc(C(=O)N[C@H]3CC[C@H](N(C)CCC(F)F)C[C@H]4CC[C@@H](C(=O)N5C[C@H](c6ccccc6)CC56CC6)N4C3=O)cc2c1)C(=O)OCCN1CCOCC1. The molecule has 5 aliphatic rings. The van der Waals surface area contributed by atoms with Gasteiger partial charge in [0.05, 0.1) is 18.1 Å². The van der Waals surface area contributed by atoms with E-state index >= 15 is 4.39 Å². The second kappa shape index (κ2) is 22.1. The van der Waals surface area contributed by atoms with Gasteiger partial charge >= 0.3 is 13.5 Å². The number of carbonyl (C=O) groups is 4. The van der Waals surface area contributed by atoms with Crippen molar-refractivity contribution in [1.29, 1.82) is 0 Å². The largest absolute Gasteiger partial charge is 0.463 e. The summed E-state index contributed by atoms with van der Waals surface area (Å²) in [6.07, 6.45) is 2.20. The first-order chi connectivity index (χ1) is 34.2. The topological polar surface area (TPSA) is 150 Å². The molecule has 1 aromatic heterocycles. The van der Waals surface area contributed by atoms with Crippen molar-refractivity contribution in [3.63, 3.8) is 0 Å². The zero-order valence-corrected chi connectivity index (χ0v) is 42.0. The molecule has 1 spiro atoms. The number of nitrogens with one attached hydrogen (secondary N) is 2. The van der Waals surface area contributed by atoms with E-state index in [4.69, 9.17) is 14.0 Å².